The van der Waals surface area contributed by atoms with Crippen LogP contribution >= 0.6 is 0 Å². The number of amides is 1. The van der Waals surface area contributed by atoms with Gasteiger partial charge in [0.1, 0.15) is 0 Å². The van der Waals surface area contributed by atoms with Crippen molar-refractivity contribution in [2.45, 2.75) is 12.5 Å². The molecule has 1 saturated heterocycles. The molecule has 122 valence electrons. The van der Waals surface area contributed by atoms with E-state index >= 15 is 0 Å². The van der Waals surface area contributed by atoms with E-state index in [9.17, 15) is 18.0 Å². The van der Waals surface area contributed by atoms with Crippen molar-refractivity contribution in [3.8, 4) is 6.07 Å². The van der Waals surface area contributed by atoms with Crippen molar-refractivity contribution in [1.82, 2.24) is 4.90 Å². The molecule has 1 aromatic carbocycles. The van der Waals surface area contributed by atoms with Gasteiger partial charge >= 0.3 is 5.97 Å². The van der Waals surface area contributed by atoms with Gasteiger partial charge in [0.05, 0.1) is 28.7 Å². The molecule has 0 aromatic heterocycles. The first-order valence-corrected chi connectivity index (χ1v) is 8.78. The molecule has 0 bridgehead atoms. The van der Waals surface area contributed by atoms with Gasteiger partial charge < -0.3 is 9.64 Å². The molecule has 0 spiro atoms. The minimum atomic E-state index is -3.09. The lowest BCUT2D eigenvalue weighted by Crippen LogP contribution is -2.40. The number of benzene rings is 1. The zero-order valence-electron chi connectivity index (χ0n) is 12.6. The summed E-state index contributed by atoms with van der Waals surface area (Å²) in [4.78, 5) is 25.2. The molecule has 2 rings (SSSR count). The van der Waals surface area contributed by atoms with E-state index in [-0.39, 0.29) is 23.1 Å². The summed E-state index contributed by atoms with van der Waals surface area (Å²) < 4.78 is 27.8. The largest absolute Gasteiger partial charge is 0.452 e. The highest BCUT2D eigenvalue weighted by Gasteiger charge is 2.32. The zero-order chi connectivity index (χ0) is 17.0. The molecular weight excluding hydrogens is 320 g/mol. The number of sulfone groups is 1. The SMILES string of the molecule is CN(C(=O)COC(=O)c1cccc(C#N)c1)[C@H]1CCS(=O)(=O)C1. The van der Waals surface area contributed by atoms with E-state index in [2.05, 4.69) is 0 Å². The van der Waals surface area contributed by atoms with E-state index in [1.165, 1.54) is 24.1 Å². The molecule has 1 amide bonds. The molecule has 1 aromatic rings. The maximum absolute atomic E-state index is 12.0. The van der Waals surface area contributed by atoms with Crippen molar-refractivity contribution in [2.24, 2.45) is 0 Å². The third kappa shape index (κ3) is 4.29. The summed E-state index contributed by atoms with van der Waals surface area (Å²) in [5.74, 6) is -1.16. The van der Waals surface area contributed by atoms with E-state index in [4.69, 9.17) is 10.00 Å². The Hall–Kier alpha value is -2.40. The quantitative estimate of drug-likeness (QED) is 0.735. The predicted molar refractivity (Wildman–Crippen MR) is 81.3 cm³/mol. The Morgan fingerprint density at radius 3 is 2.78 bits per heavy atom. The van der Waals surface area contributed by atoms with Crippen LogP contribution in [0.25, 0.3) is 0 Å². The Kier molecular flexibility index (Phi) is 5.01. The first kappa shape index (κ1) is 17.0. The fourth-order valence-corrected chi connectivity index (χ4v) is 4.09. The number of ether oxygens (including phenoxy) is 1. The number of nitriles is 1. The fraction of sp³-hybridized carbons (Fsp3) is 0.400. The number of rotatable bonds is 4. The monoisotopic (exact) mass is 336 g/mol. The van der Waals surface area contributed by atoms with Crippen LogP contribution in [-0.4, -0.2) is 56.4 Å². The first-order chi connectivity index (χ1) is 10.8. The standard InChI is InChI=1S/C15H16N2O5S/c1-17(13-5-6-23(20,21)10-13)14(18)9-22-15(19)12-4-2-3-11(7-12)8-16/h2-4,7,13H,5-6,9-10H2,1H3/t13-/m0/s1. The van der Waals surface area contributed by atoms with Crippen LogP contribution < -0.4 is 0 Å². The Balaban J connectivity index is 1.91. The zero-order valence-corrected chi connectivity index (χ0v) is 13.4. The molecule has 7 nitrogen and oxygen atoms in total. The highest BCUT2D eigenvalue weighted by Crippen LogP contribution is 2.16. The molecule has 0 aliphatic carbocycles. The maximum Gasteiger partial charge on any atom is 0.338 e. The van der Waals surface area contributed by atoms with Crippen LogP contribution in [0.2, 0.25) is 0 Å². The minimum absolute atomic E-state index is 0.0621. The molecule has 0 unspecified atom stereocenters. The van der Waals surface area contributed by atoms with E-state index in [1.807, 2.05) is 6.07 Å². The Labute approximate surface area is 134 Å². The van der Waals surface area contributed by atoms with Crippen molar-refractivity contribution in [1.29, 1.82) is 5.26 Å². The van der Waals surface area contributed by atoms with Gasteiger partial charge in [0.15, 0.2) is 16.4 Å². The smallest absolute Gasteiger partial charge is 0.338 e. The van der Waals surface area contributed by atoms with Crippen molar-refractivity contribution >= 4 is 21.7 Å². The molecule has 1 heterocycles. The molecular formula is C15H16N2O5S. The molecule has 8 heteroatoms. The molecule has 1 aliphatic heterocycles. The second-order valence-corrected chi connectivity index (χ2v) is 7.56. The average molecular weight is 336 g/mol. The number of hydrogen-bond acceptors (Lipinski definition) is 6. The number of nitrogens with zero attached hydrogens (tertiary/aromatic N) is 2. The summed E-state index contributed by atoms with van der Waals surface area (Å²) in [6, 6.07) is 7.49. The lowest BCUT2D eigenvalue weighted by atomic mass is 10.1. The van der Waals surface area contributed by atoms with Crippen LogP contribution in [0.1, 0.15) is 22.3 Å². The number of likely N-dealkylation sites (N-methyl/N-ethyl adjacent to an activating group) is 1. The summed E-state index contributed by atoms with van der Waals surface area (Å²) in [5.41, 5.74) is 0.502. The maximum atomic E-state index is 12.0. The average Bonchev–Trinajstić information content (AvgIpc) is 2.91. The second-order valence-electron chi connectivity index (χ2n) is 5.33. The van der Waals surface area contributed by atoms with Crippen LogP contribution in [0.4, 0.5) is 0 Å². The first-order valence-electron chi connectivity index (χ1n) is 6.96. The van der Waals surface area contributed by atoms with Crippen molar-refractivity contribution in [3.63, 3.8) is 0 Å². The number of esters is 1. The second kappa shape index (κ2) is 6.79. The fourth-order valence-electron chi connectivity index (χ4n) is 2.31. The molecule has 0 radical (unpaired) electrons. The van der Waals surface area contributed by atoms with Crippen LogP contribution in [-0.2, 0) is 19.4 Å². The minimum Gasteiger partial charge on any atom is -0.452 e. The van der Waals surface area contributed by atoms with Gasteiger partial charge in [0.25, 0.3) is 5.91 Å². The summed E-state index contributed by atoms with van der Waals surface area (Å²) in [6.07, 6.45) is 0.392. The molecule has 1 aliphatic rings. The van der Waals surface area contributed by atoms with Gasteiger partial charge in [-0.3, -0.25) is 4.79 Å². The van der Waals surface area contributed by atoms with E-state index in [0.29, 0.717) is 12.0 Å². The topological polar surface area (TPSA) is 105 Å². The van der Waals surface area contributed by atoms with Crippen molar-refractivity contribution in [3.05, 3.63) is 35.4 Å². The Bertz CT molecular complexity index is 766. The number of hydrogen-bond donors (Lipinski definition) is 0. The predicted octanol–water partition coefficient (Wildman–Crippen LogP) is 0.361. The van der Waals surface area contributed by atoms with Crippen molar-refractivity contribution < 1.29 is 22.7 Å². The van der Waals surface area contributed by atoms with Gasteiger partial charge in [-0.05, 0) is 24.6 Å². The van der Waals surface area contributed by atoms with Gasteiger partial charge in [-0.15, -0.1) is 0 Å². The van der Waals surface area contributed by atoms with E-state index in [1.54, 1.807) is 12.1 Å². The highest BCUT2D eigenvalue weighted by molar-refractivity contribution is 7.91. The summed E-state index contributed by atoms with van der Waals surface area (Å²) in [7, 11) is -1.59. The number of carbonyl (C=O) groups excluding carboxylic acids is 2. The van der Waals surface area contributed by atoms with Crippen LogP contribution in [0.3, 0.4) is 0 Å². The summed E-state index contributed by atoms with van der Waals surface area (Å²) in [6.45, 7) is -0.470. The molecule has 23 heavy (non-hydrogen) atoms. The van der Waals surface area contributed by atoms with Crippen LogP contribution in [0.15, 0.2) is 24.3 Å². The van der Waals surface area contributed by atoms with Gasteiger partial charge in [-0.2, -0.15) is 5.26 Å². The van der Waals surface area contributed by atoms with Crippen molar-refractivity contribution in [2.75, 3.05) is 25.2 Å². The lowest BCUT2D eigenvalue weighted by molar-refractivity contribution is -0.134. The molecule has 1 atom stereocenters. The molecule has 1 fully saturated rings. The van der Waals surface area contributed by atoms with Crippen LogP contribution in [0.5, 0.6) is 0 Å². The Morgan fingerprint density at radius 2 is 2.17 bits per heavy atom. The van der Waals surface area contributed by atoms with Gasteiger partial charge in [-0.25, -0.2) is 13.2 Å². The third-order valence-electron chi connectivity index (χ3n) is 3.70. The normalized spacial score (nSPS) is 18.9. The molecule has 0 N–H and O–H groups in total. The van der Waals surface area contributed by atoms with Gasteiger partial charge in [0, 0.05) is 13.1 Å². The highest BCUT2D eigenvalue weighted by atomic mass is 32.2. The summed E-state index contributed by atoms with van der Waals surface area (Å²) in [5, 5.41) is 8.79. The van der Waals surface area contributed by atoms with Crippen LogP contribution in [0, 0.1) is 11.3 Å². The summed E-state index contributed by atoms with van der Waals surface area (Å²) >= 11 is 0. The molecule has 0 saturated carbocycles. The van der Waals surface area contributed by atoms with E-state index in [0.717, 1.165) is 0 Å². The third-order valence-corrected chi connectivity index (χ3v) is 5.45. The van der Waals surface area contributed by atoms with Gasteiger partial charge in [-0.1, -0.05) is 6.07 Å². The van der Waals surface area contributed by atoms with Gasteiger partial charge in [0.2, 0.25) is 0 Å². The number of carbonyl (C=O) groups is 2. The Morgan fingerprint density at radius 1 is 1.43 bits per heavy atom. The van der Waals surface area contributed by atoms with E-state index < -0.39 is 28.3 Å². The lowest BCUT2D eigenvalue weighted by Gasteiger charge is -2.23.